The van der Waals surface area contributed by atoms with Gasteiger partial charge in [0, 0.05) is 19.6 Å². The van der Waals surface area contributed by atoms with Gasteiger partial charge in [-0.25, -0.2) is 0 Å². The van der Waals surface area contributed by atoms with E-state index in [0.717, 1.165) is 45.4 Å². The van der Waals surface area contributed by atoms with E-state index in [9.17, 15) is 4.79 Å². The third-order valence-corrected chi connectivity index (χ3v) is 4.08. The number of carbonyl (C=O) groups is 1. The Labute approximate surface area is 111 Å². The lowest BCUT2D eigenvalue weighted by Gasteiger charge is -2.36. The molecule has 4 heteroatoms. The maximum absolute atomic E-state index is 12.5. The van der Waals surface area contributed by atoms with Gasteiger partial charge in [-0.2, -0.15) is 0 Å². The first kappa shape index (κ1) is 14.8. The molecule has 100 valence electrons. The van der Waals surface area contributed by atoms with Gasteiger partial charge in [0.15, 0.2) is 0 Å². The highest BCUT2D eigenvalue weighted by atomic mass is 35.5. The fourth-order valence-electron chi connectivity index (χ4n) is 2.91. The third kappa shape index (κ3) is 3.14. The molecule has 2 fully saturated rings. The molecule has 2 saturated heterocycles. The molecule has 2 aliphatic heterocycles. The monoisotopic (exact) mass is 260 g/mol. The Bertz CT molecular complexity index is 285. The summed E-state index contributed by atoms with van der Waals surface area (Å²) in [5.74, 6) is 0.366. The van der Waals surface area contributed by atoms with Crippen molar-refractivity contribution in [2.24, 2.45) is 10.8 Å². The summed E-state index contributed by atoms with van der Waals surface area (Å²) in [6.07, 6.45) is 3.30. The Kier molecular flexibility index (Phi) is 4.48. The topological polar surface area (TPSA) is 32.3 Å². The van der Waals surface area contributed by atoms with Gasteiger partial charge in [-0.05, 0) is 38.1 Å². The Balaban J connectivity index is 0.00000144. The van der Waals surface area contributed by atoms with E-state index in [2.05, 4.69) is 31.0 Å². The highest BCUT2D eigenvalue weighted by molar-refractivity contribution is 5.85. The van der Waals surface area contributed by atoms with Gasteiger partial charge < -0.3 is 10.2 Å². The summed E-state index contributed by atoms with van der Waals surface area (Å²) in [5.41, 5.74) is 0.160. The van der Waals surface area contributed by atoms with Crippen LogP contribution in [0.25, 0.3) is 0 Å². The number of halogens is 1. The van der Waals surface area contributed by atoms with Gasteiger partial charge >= 0.3 is 0 Å². The van der Waals surface area contributed by atoms with Crippen LogP contribution in [0.1, 0.15) is 40.0 Å². The second-order valence-corrected chi connectivity index (χ2v) is 6.48. The van der Waals surface area contributed by atoms with Crippen LogP contribution in [-0.2, 0) is 4.79 Å². The first-order valence-electron chi connectivity index (χ1n) is 6.43. The number of hydrogen-bond donors (Lipinski definition) is 1. The fourth-order valence-corrected chi connectivity index (χ4v) is 2.91. The van der Waals surface area contributed by atoms with Crippen LogP contribution in [0.15, 0.2) is 0 Å². The van der Waals surface area contributed by atoms with Crippen molar-refractivity contribution in [3.8, 4) is 0 Å². The zero-order chi connectivity index (χ0) is 11.8. The van der Waals surface area contributed by atoms with Crippen LogP contribution in [0.4, 0.5) is 0 Å². The van der Waals surface area contributed by atoms with Crippen LogP contribution >= 0.6 is 12.4 Å². The van der Waals surface area contributed by atoms with E-state index < -0.39 is 0 Å². The van der Waals surface area contributed by atoms with Crippen molar-refractivity contribution in [3.63, 3.8) is 0 Å². The minimum Gasteiger partial charge on any atom is -0.342 e. The number of hydrogen-bond acceptors (Lipinski definition) is 2. The Morgan fingerprint density at radius 1 is 1.24 bits per heavy atom. The molecular weight excluding hydrogens is 236 g/mol. The molecular formula is C13H25ClN2O. The minimum absolute atomic E-state index is 0. The average molecular weight is 261 g/mol. The third-order valence-electron chi connectivity index (χ3n) is 4.08. The summed E-state index contributed by atoms with van der Waals surface area (Å²) >= 11 is 0. The predicted molar refractivity (Wildman–Crippen MR) is 72.4 cm³/mol. The lowest BCUT2D eigenvalue weighted by Crippen LogP contribution is -2.49. The van der Waals surface area contributed by atoms with Crippen LogP contribution in [0.3, 0.4) is 0 Å². The number of nitrogens with zero attached hydrogens (tertiary/aromatic N) is 1. The molecule has 1 N–H and O–H groups in total. The molecule has 0 bridgehead atoms. The van der Waals surface area contributed by atoms with Gasteiger partial charge in [0.05, 0.1) is 5.41 Å². The molecule has 17 heavy (non-hydrogen) atoms. The van der Waals surface area contributed by atoms with E-state index in [1.165, 1.54) is 0 Å². The molecule has 1 atom stereocenters. The number of nitrogens with one attached hydrogen (secondary N) is 1. The number of carbonyl (C=O) groups excluding carboxylic acids is 1. The highest BCUT2D eigenvalue weighted by Gasteiger charge is 2.41. The molecule has 3 nitrogen and oxygen atoms in total. The number of likely N-dealkylation sites (tertiary alicyclic amines) is 1. The molecule has 1 amide bonds. The van der Waals surface area contributed by atoms with Crippen LogP contribution in [0.2, 0.25) is 0 Å². The SMILES string of the molecule is CC1(C)CCN(C(=O)C2(C)CCCNC2)C1.Cl. The molecule has 0 saturated carbocycles. The predicted octanol–water partition coefficient (Wildman–Crippen LogP) is 2.06. The number of piperidine rings is 1. The highest BCUT2D eigenvalue weighted by Crippen LogP contribution is 2.34. The zero-order valence-corrected chi connectivity index (χ0v) is 12.0. The van der Waals surface area contributed by atoms with Gasteiger partial charge in [0.2, 0.25) is 5.91 Å². The van der Waals surface area contributed by atoms with Crippen LogP contribution in [-0.4, -0.2) is 37.0 Å². The molecule has 0 aromatic carbocycles. The lowest BCUT2D eigenvalue weighted by molar-refractivity contribution is -0.141. The lowest BCUT2D eigenvalue weighted by atomic mass is 9.81. The van der Waals surface area contributed by atoms with Gasteiger partial charge in [-0.3, -0.25) is 4.79 Å². The van der Waals surface area contributed by atoms with Crippen molar-refractivity contribution in [2.45, 2.75) is 40.0 Å². The molecule has 2 rings (SSSR count). The molecule has 0 aliphatic carbocycles. The minimum atomic E-state index is -0.154. The number of amides is 1. The van der Waals surface area contributed by atoms with Crippen molar-refractivity contribution in [1.29, 1.82) is 0 Å². The first-order chi connectivity index (χ1) is 7.43. The molecule has 2 aliphatic rings. The summed E-state index contributed by atoms with van der Waals surface area (Å²) in [7, 11) is 0. The zero-order valence-electron chi connectivity index (χ0n) is 11.2. The smallest absolute Gasteiger partial charge is 0.229 e. The number of rotatable bonds is 1. The summed E-state index contributed by atoms with van der Waals surface area (Å²) in [6, 6.07) is 0. The van der Waals surface area contributed by atoms with Crippen LogP contribution in [0, 0.1) is 10.8 Å². The second kappa shape index (κ2) is 5.15. The second-order valence-electron chi connectivity index (χ2n) is 6.48. The van der Waals surface area contributed by atoms with Gasteiger partial charge in [0.25, 0.3) is 0 Å². The van der Waals surface area contributed by atoms with E-state index in [-0.39, 0.29) is 17.8 Å². The molecule has 0 radical (unpaired) electrons. The summed E-state index contributed by atoms with van der Waals surface area (Å²) < 4.78 is 0. The van der Waals surface area contributed by atoms with Crippen molar-refractivity contribution in [1.82, 2.24) is 10.2 Å². The molecule has 0 aromatic rings. The fraction of sp³-hybridized carbons (Fsp3) is 0.923. The van der Waals surface area contributed by atoms with E-state index >= 15 is 0 Å². The Morgan fingerprint density at radius 2 is 1.94 bits per heavy atom. The normalized spacial score (nSPS) is 32.1. The van der Waals surface area contributed by atoms with E-state index in [0.29, 0.717) is 11.3 Å². The maximum atomic E-state index is 12.5. The Morgan fingerprint density at radius 3 is 2.41 bits per heavy atom. The standard InChI is InChI=1S/C13H24N2O.ClH/c1-12(2)6-8-15(10-12)11(16)13(3)5-4-7-14-9-13;/h14H,4-10H2,1-3H3;1H. The van der Waals surface area contributed by atoms with Crippen LogP contribution in [0.5, 0.6) is 0 Å². The van der Waals surface area contributed by atoms with E-state index in [1.54, 1.807) is 0 Å². The largest absolute Gasteiger partial charge is 0.342 e. The van der Waals surface area contributed by atoms with Crippen LogP contribution < -0.4 is 5.32 Å². The summed E-state index contributed by atoms with van der Waals surface area (Å²) in [4.78, 5) is 14.6. The van der Waals surface area contributed by atoms with Gasteiger partial charge in [-0.15, -0.1) is 12.4 Å². The van der Waals surface area contributed by atoms with E-state index in [4.69, 9.17) is 0 Å². The van der Waals surface area contributed by atoms with Crippen molar-refractivity contribution < 1.29 is 4.79 Å². The molecule has 1 unspecified atom stereocenters. The Hall–Kier alpha value is -0.280. The average Bonchev–Trinajstić information content (AvgIpc) is 2.59. The molecule has 0 spiro atoms. The van der Waals surface area contributed by atoms with Gasteiger partial charge in [0.1, 0.15) is 0 Å². The van der Waals surface area contributed by atoms with Crippen molar-refractivity contribution in [3.05, 3.63) is 0 Å². The maximum Gasteiger partial charge on any atom is 0.229 e. The quantitative estimate of drug-likeness (QED) is 0.783. The van der Waals surface area contributed by atoms with Gasteiger partial charge in [-0.1, -0.05) is 13.8 Å². The molecule has 2 heterocycles. The van der Waals surface area contributed by atoms with Crippen molar-refractivity contribution >= 4 is 18.3 Å². The van der Waals surface area contributed by atoms with E-state index in [1.807, 2.05) is 0 Å². The summed E-state index contributed by atoms with van der Waals surface area (Å²) in [5, 5.41) is 3.35. The molecule has 0 aromatic heterocycles. The first-order valence-corrected chi connectivity index (χ1v) is 6.43. The summed E-state index contributed by atoms with van der Waals surface area (Å²) in [6.45, 7) is 10.4. The van der Waals surface area contributed by atoms with Crippen molar-refractivity contribution in [2.75, 3.05) is 26.2 Å².